The normalized spacial score (nSPS) is 10.7. The van der Waals surface area contributed by atoms with Crippen LogP contribution >= 0.6 is 0 Å². The van der Waals surface area contributed by atoms with Gasteiger partial charge in [-0.3, -0.25) is 0 Å². The van der Waals surface area contributed by atoms with Crippen LogP contribution < -0.4 is 10.1 Å². The van der Waals surface area contributed by atoms with Crippen LogP contribution in [0.25, 0.3) is 0 Å². The molecule has 112 valence electrons. The van der Waals surface area contributed by atoms with E-state index >= 15 is 0 Å². The number of rotatable bonds is 5. The molecule has 2 N–H and O–H groups in total. The van der Waals surface area contributed by atoms with Gasteiger partial charge in [0.25, 0.3) is 0 Å². The Balaban J connectivity index is 2.08. The summed E-state index contributed by atoms with van der Waals surface area (Å²) in [6.45, 7) is 8.55. The Morgan fingerprint density at radius 3 is 2.62 bits per heavy atom. The first-order valence-electron chi connectivity index (χ1n) is 7.26. The van der Waals surface area contributed by atoms with E-state index in [1.54, 1.807) is 0 Å². The minimum atomic E-state index is 0.171. The highest BCUT2D eigenvalue weighted by atomic mass is 16.5. The van der Waals surface area contributed by atoms with E-state index in [0.29, 0.717) is 12.3 Å². The molecule has 0 saturated carbocycles. The van der Waals surface area contributed by atoms with Gasteiger partial charge >= 0.3 is 0 Å². The number of benzene rings is 2. The number of aromatic hydroxyl groups is 1. The zero-order chi connectivity index (χ0) is 15.4. The molecule has 0 fully saturated rings. The number of ether oxygens (including phenoxy) is 1. The van der Waals surface area contributed by atoms with Gasteiger partial charge < -0.3 is 15.2 Å². The second-order valence-corrected chi connectivity index (χ2v) is 5.57. The Morgan fingerprint density at radius 1 is 1.14 bits per heavy atom. The Hall–Kier alpha value is -2.16. The molecule has 3 heteroatoms. The zero-order valence-corrected chi connectivity index (χ0v) is 13.1. The van der Waals surface area contributed by atoms with Crippen LogP contribution in [0, 0.1) is 13.8 Å². The van der Waals surface area contributed by atoms with Crippen molar-refractivity contribution in [2.45, 2.75) is 40.3 Å². The molecule has 0 amide bonds. The van der Waals surface area contributed by atoms with Crippen LogP contribution in [0.4, 0.5) is 5.69 Å². The number of anilines is 1. The summed E-state index contributed by atoms with van der Waals surface area (Å²) < 4.78 is 5.70. The predicted molar refractivity (Wildman–Crippen MR) is 87.1 cm³/mol. The molecule has 0 radical (unpaired) electrons. The lowest BCUT2D eigenvalue weighted by molar-refractivity contribution is 0.242. The van der Waals surface area contributed by atoms with E-state index in [2.05, 4.69) is 11.4 Å². The first kappa shape index (κ1) is 15.2. The van der Waals surface area contributed by atoms with Crippen molar-refractivity contribution >= 4 is 5.69 Å². The molecule has 0 atom stereocenters. The number of aryl methyl sites for hydroxylation is 1. The fraction of sp³-hybridized carbons (Fsp3) is 0.333. The lowest BCUT2D eigenvalue weighted by Gasteiger charge is -2.14. The molecule has 0 aliphatic carbocycles. The maximum atomic E-state index is 9.97. The molecular weight excluding hydrogens is 262 g/mol. The molecule has 2 aromatic carbocycles. The maximum absolute atomic E-state index is 9.97. The van der Waals surface area contributed by atoms with E-state index in [9.17, 15) is 5.11 Å². The van der Waals surface area contributed by atoms with Gasteiger partial charge in [0.15, 0.2) is 0 Å². The van der Waals surface area contributed by atoms with E-state index in [1.807, 2.05) is 58.0 Å². The van der Waals surface area contributed by atoms with Gasteiger partial charge in [0.2, 0.25) is 0 Å². The summed E-state index contributed by atoms with van der Waals surface area (Å²) in [7, 11) is 0. The monoisotopic (exact) mass is 285 g/mol. The molecule has 2 rings (SSSR count). The highest BCUT2D eigenvalue weighted by Gasteiger charge is 2.06. The van der Waals surface area contributed by atoms with Crippen LogP contribution in [0.2, 0.25) is 0 Å². The highest BCUT2D eigenvalue weighted by Crippen LogP contribution is 2.28. The van der Waals surface area contributed by atoms with E-state index in [1.165, 1.54) is 0 Å². The van der Waals surface area contributed by atoms with Gasteiger partial charge in [-0.25, -0.2) is 0 Å². The number of hydrogen-bond acceptors (Lipinski definition) is 3. The Labute approximate surface area is 126 Å². The van der Waals surface area contributed by atoms with Crippen molar-refractivity contribution in [3.8, 4) is 11.5 Å². The van der Waals surface area contributed by atoms with E-state index in [0.717, 1.165) is 28.1 Å². The SMILES string of the molecule is Cc1ccc(NCc2cccc(OC(C)C)c2)c(C)c1O. The topological polar surface area (TPSA) is 41.5 Å². The fourth-order valence-corrected chi connectivity index (χ4v) is 2.23. The van der Waals surface area contributed by atoms with Crippen molar-refractivity contribution < 1.29 is 9.84 Å². The van der Waals surface area contributed by atoms with Gasteiger partial charge in [0.05, 0.1) is 6.10 Å². The van der Waals surface area contributed by atoms with Crippen molar-refractivity contribution in [3.63, 3.8) is 0 Å². The van der Waals surface area contributed by atoms with E-state index in [-0.39, 0.29) is 6.10 Å². The number of phenolic OH excluding ortho intramolecular Hbond substituents is 1. The maximum Gasteiger partial charge on any atom is 0.123 e. The standard InChI is InChI=1S/C18H23NO2/c1-12(2)21-16-7-5-6-15(10-16)11-19-17-9-8-13(3)18(20)14(17)4/h5-10,12,19-20H,11H2,1-4H3. The Morgan fingerprint density at radius 2 is 1.90 bits per heavy atom. The summed E-state index contributed by atoms with van der Waals surface area (Å²) in [6.07, 6.45) is 0.171. The zero-order valence-electron chi connectivity index (χ0n) is 13.1. The van der Waals surface area contributed by atoms with E-state index in [4.69, 9.17) is 4.74 Å². The first-order chi connectivity index (χ1) is 9.97. The molecule has 0 spiro atoms. The largest absolute Gasteiger partial charge is 0.507 e. The second kappa shape index (κ2) is 6.53. The van der Waals surface area contributed by atoms with Gasteiger partial charge in [-0.1, -0.05) is 18.2 Å². The van der Waals surface area contributed by atoms with Crippen molar-refractivity contribution in [2.75, 3.05) is 5.32 Å². The van der Waals surface area contributed by atoms with Crippen LogP contribution in [0.15, 0.2) is 36.4 Å². The highest BCUT2D eigenvalue weighted by molar-refractivity contribution is 5.59. The summed E-state index contributed by atoms with van der Waals surface area (Å²) in [6, 6.07) is 12.0. The molecule has 21 heavy (non-hydrogen) atoms. The van der Waals surface area contributed by atoms with Crippen LogP contribution in [-0.2, 0) is 6.54 Å². The number of hydrogen-bond donors (Lipinski definition) is 2. The van der Waals surface area contributed by atoms with Gasteiger partial charge in [0.1, 0.15) is 11.5 Å². The van der Waals surface area contributed by atoms with Gasteiger partial charge in [-0.2, -0.15) is 0 Å². The second-order valence-electron chi connectivity index (χ2n) is 5.57. The third kappa shape index (κ3) is 3.91. The molecule has 2 aromatic rings. The average molecular weight is 285 g/mol. The van der Waals surface area contributed by atoms with Crippen LogP contribution in [0.3, 0.4) is 0 Å². The van der Waals surface area contributed by atoms with Crippen molar-refractivity contribution in [1.29, 1.82) is 0 Å². The van der Waals surface area contributed by atoms with Gasteiger partial charge in [-0.05, 0) is 57.0 Å². The van der Waals surface area contributed by atoms with E-state index < -0.39 is 0 Å². The third-order valence-corrected chi connectivity index (χ3v) is 3.39. The van der Waals surface area contributed by atoms with Gasteiger partial charge in [0, 0.05) is 17.8 Å². The summed E-state index contributed by atoms with van der Waals surface area (Å²) in [4.78, 5) is 0. The summed E-state index contributed by atoms with van der Waals surface area (Å²) >= 11 is 0. The Bertz CT molecular complexity index is 621. The van der Waals surface area contributed by atoms with Crippen molar-refractivity contribution in [2.24, 2.45) is 0 Å². The predicted octanol–water partition coefficient (Wildman–Crippen LogP) is 4.41. The molecule has 0 bridgehead atoms. The van der Waals surface area contributed by atoms with Crippen LogP contribution in [0.1, 0.15) is 30.5 Å². The molecule has 0 saturated heterocycles. The molecule has 0 aromatic heterocycles. The first-order valence-corrected chi connectivity index (χ1v) is 7.26. The number of phenols is 1. The Kier molecular flexibility index (Phi) is 4.73. The molecular formula is C18H23NO2. The summed E-state index contributed by atoms with van der Waals surface area (Å²) in [5, 5.41) is 13.3. The number of nitrogens with one attached hydrogen (secondary N) is 1. The summed E-state index contributed by atoms with van der Waals surface area (Å²) in [5.74, 6) is 1.24. The molecule has 0 heterocycles. The third-order valence-electron chi connectivity index (χ3n) is 3.39. The fourth-order valence-electron chi connectivity index (χ4n) is 2.23. The lowest BCUT2D eigenvalue weighted by Crippen LogP contribution is -2.06. The molecule has 0 aliphatic rings. The molecule has 0 unspecified atom stereocenters. The smallest absolute Gasteiger partial charge is 0.123 e. The van der Waals surface area contributed by atoms with Crippen molar-refractivity contribution in [3.05, 3.63) is 53.1 Å². The minimum Gasteiger partial charge on any atom is -0.507 e. The quantitative estimate of drug-likeness (QED) is 0.855. The minimum absolute atomic E-state index is 0.171. The van der Waals surface area contributed by atoms with Crippen LogP contribution in [-0.4, -0.2) is 11.2 Å². The van der Waals surface area contributed by atoms with Gasteiger partial charge in [-0.15, -0.1) is 0 Å². The molecule has 3 nitrogen and oxygen atoms in total. The molecule has 0 aliphatic heterocycles. The van der Waals surface area contributed by atoms with Crippen molar-refractivity contribution in [1.82, 2.24) is 0 Å². The summed E-state index contributed by atoms with van der Waals surface area (Å²) in [5.41, 5.74) is 3.87. The lowest BCUT2D eigenvalue weighted by atomic mass is 10.1. The van der Waals surface area contributed by atoms with Crippen LogP contribution in [0.5, 0.6) is 11.5 Å². The average Bonchev–Trinajstić information content (AvgIpc) is 2.44.